The number of hydrogen-bond acceptors (Lipinski definition) is 3. The molecule has 0 radical (unpaired) electrons. The number of fused-ring (bicyclic) bond motifs is 1. The summed E-state index contributed by atoms with van der Waals surface area (Å²) in [6, 6.07) is 5.49. The number of anilines is 1. The Morgan fingerprint density at radius 2 is 2.04 bits per heavy atom. The summed E-state index contributed by atoms with van der Waals surface area (Å²) in [6.45, 7) is 4.47. The first-order chi connectivity index (χ1) is 10.9. The highest BCUT2D eigenvalue weighted by atomic mass is 16.2. The number of benzene rings is 1. The van der Waals surface area contributed by atoms with Crippen LogP contribution in [0, 0.1) is 13.8 Å². The lowest BCUT2D eigenvalue weighted by molar-refractivity contribution is -0.115. The van der Waals surface area contributed by atoms with E-state index in [4.69, 9.17) is 0 Å². The molecule has 0 unspecified atom stereocenters. The summed E-state index contributed by atoms with van der Waals surface area (Å²) in [4.78, 5) is 26.0. The van der Waals surface area contributed by atoms with Gasteiger partial charge in [-0.15, -0.1) is 0 Å². The lowest BCUT2D eigenvalue weighted by atomic mass is 10.1. The van der Waals surface area contributed by atoms with Crippen molar-refractivity contribution in [2.75, 3.05) is 12.4 Å². The van der Waals surface area contributed by atoms with Crippen molar-refractivity contribution in [3.63, 3.8) is 0 Å². The molecule has 2 aromatic rings. The molecule has 2 amide bonds. The number of nitrogens with one attached hydrogen (secondary N) is 1. The largest absolute Gasteiger partial charge is 0.337 e. The van der Waals surface area contributed by atoms with E-state index in [1.165, 1.54) is 0 Å². The van der Waals surface area contributed by atoms with Crippen LogP contribution in [0.4, 0.5) is 5.69 Å². The molecule has 23 heavy (non-hydrogen) atoms. The third kappa shape index (κ3) is 2.72. The lowest BCUT2D eigenvalue weighted by Gasteiger charge is -2.07. The SMILES string of the molecule is Cc1nn(C)c(C)c1CC(=O)Nc1ccc2c(c1)C(=O)N(C)C2. The van der Waals surface area contributed by atoms with Gasteiger partial charge >= 0.3 is 0 Å². The molecule has 1 aromatic carbocycles. The van der Waals surface area contributed by atoms with Crippen LogP contribution in [0.3, 0.4) is 0 Å². The third-order valence-electron chi connectivity index (χ3n) is 4.37. The molecule has 6 nitrogen and oxygen atoms in total. The second kappa shape index (κ2) is 5.53. The van der Waals surface area contributed by atoms with Crippen LogP contribution in [0.2, 0.25) is 0 Å². The van der Waals surface area contributed by atoms with Crippen LogP contribution in [0.15, 0.2) is 18.2 Å². The molecule has 0 spiro atoms. The summed E-state index contributed by atoms with van der Waals surface area (Å²) in [7, 11) is 3.64. The quantitative estimate of drug-likeness (QED) is 0.940. The average molecular weight is 312 g/mol. The number of nitrogens with zero attached hydrogens (tertiary/aromatic N) is 3. The van der Waals surface area contributed by atoms with Crippen LogP contribution in [-0.4, -0.2) is 33.5 Å². The minimum atomic E-state index is -0.108. The minimum absolute atomic E-state index is 0.00459. The summed E-state index contributed by atoms with van der Waals surface area (Å²) >= 11 is 0. The van der Waals surface area contributed by atoms with Crippen LogP contribution in [-0.2, 0) is 24.8 Å². The monoisotopic (exact) mass is 312 g/mol. The van der Waals surface area contributed by atoms with E-state index in [2.05, 4.69) is 10.4 Å². The van der Waals surface area contributed by atoms with E-state index in [0.29, 0.717) is 17.8 Å². The fraction of sp³-hybridized carbons (Fsp3) is 0.353. The molecule has 6 heteroatoms. The van der Waals surface area contributed by atoms with Crippen LogP contribution in [0.5, 0.6) is 0 Å². The Morgan fingerprint density at radius 3 is 2.70 bits per heavy atom. The van der Waals surface area contributed by atoms with Crippen molar-refractivity contribution >= 4 is 17.5 Å². The standard InChI is InChI=1S/C17H20N4O2/c1-10-14(11(2)21(4)19-10)8-16(22)18-13-6-5-12-9-20(3)17(23)15(12)7-13/h5-7H,8-9H2,1-4H3,(H,18,22). The van der Waals surface area contributed by atoms with Crippen molar-refractivity contribution in [3.8, 4) is 0 Å². The van der Waals surface area contributed by atoms with Crippen LogP contribution in [0.1, 0.15) is 32.9 Å². The van der Waals surface area contributed by atoms with Crippen LogP contribution in [0.25, 0.3) is 0 Å². The second-order valence-electron chi connectivity index (χ2n) is 6.03. The normalized spacial score (nSPS) is 13.4. The van der Waals surface area contributed by atoms with E-state index >= 15 is 0 Å². The zero-order chi connectivity index (χ0) is 16.7. The summed E-state index contributed by atoms with van der Waals surface area (Å²) in [5, 5.41) is 7.20. The summed E-state index contributed by atoms with van der Waals surface area (Å²) in [5.74, 6) is -0.113. The molecule has 0 bridgehead atoms. The smallest absolute Gasteiger partial charge is 0.254 e. The van der Waals surface area contributed by atoms with Crippen molar-refractivity contribution in [2.24, 2.45) is 7.05 Å². The third-order valence-corrected chi connectivity index (χ3v) is 4.37. The van der Waals surface area contributed by atoms with Crippen molar-refractivity contribution in [2.45, 2.75) is 26.8 Å². The summed E-state index contributed by atoms with van der Waals surface area (Å²) in [5.41, 5.74) is 5.11. The Hall–Kier alpha value is -2.63. The highest BCUT2D eigenvalue weighted by Crippen LogP contribution is 2.24. The zero-order valence-electron chi connectivity index (χ0n) is 13.8. The molecule has 0 atom stereocenters. The van der Waals surface area contributed by atoms with Gasteiger partial charge in [0.2, 0.25) is 5.91 Å². The van der Waals surface area contributed by atoms with Crippen LogP contribution >= 0.6 is 0 Å². The number of amides is 2. The molecule has 1 aromatic heterocycles. The van der Waals surface area contributed by atoms with Gasteiger partial charge in [-0.1, -0.05) is 6.07 Å². The molecule has 2 heterocycles. The van der Waals surface area contributed by atoms with Gasteiger partial charge in [0, 0.05) is 43.1 Å². The zero-order valence-corrected chi connectivity index (χ0v) is 13.8. The van der Waals surface area contributed by atoms with Gasteiger partial charge in [-0.2, -0.15) is 5.10 Å². The van der Waals surface area contributed by atoms with Gasteiger partial charge in [-0.05, 0) is 31.5 Å². The van der Waals surface area contributed by atoms with Gasteiger partial charge in [0.05, 0.1) is 12.1 Å². The van der Waals surface area contributed by atoms with Crippen molar-refractivity contribution in [1.82, 2.24) is 14.7 Å². The van der Waals surface area contributed by atoms with E-state index in [1.54, 1.807) is 22.7 Å². The molecule has 1 aliphatic heterocycles. The number of aromatic nitrogens is 2. The van der Waals surface area contributed by atoms with Crippen molar-refractivity contribution < 1.29 is 9.59 Å². The topological polar surface area (TPSA) is 67.2 Å². The molecular weight excluding hydrogens is 292 g/mol. The van der Waals surface area contributed by atoms with E-state index in [9.17, 15) is 9.59 Å². The maximum Gasteiger partial charge on any atom is 0.254 e. The molecule has 1 aliphatic rings. The first-order valence-corrected chi connectivity index (χ1v) is 7.54. The molecule has 0 fully saturated rings. The first-order valence-electron chi connectivity index (χ1n) is 7.54. The summed E-state index contributed by atoms with van der Waals surface area (Å²) < 4.78 is 1.78. The predicted octanol–water partition coefficient (Wildman–Crippen LogP) is 1.80. The molecule has 3 rings (SSSR count). The minimum Gasteiger partial charge on any atom is -0.337 e. The van der Waals surface area contributed by atoms with Gasteiger partial charge in [-0.25, -0.2) is 0 Å². The molecule has 120 valence electrons. The number of carbonyl (C=O) groups excluding carboxylic acids is 2. The van der Waals surface area contributed by atoms with Gasteiger partial charge in [0.1, 0.15) is 0 Å². The molecule has 0 saturated carbocycles. The Morgan fingerprint density at radius 1 is 1.30 bits per heavy atom. The highest BCUT2D eigenvalue weighted by molar-refractivity contribution is 6.00. The lowest BCUT2D eigenvalue weighted by Crippen LogP contribution is -2.18. The maximum absolute atomic E-state index is 12.3. The fourth-order valence-electron chi connectivity index (χ4n) is 2.96. The number of rotatable bonds is 3. The molecule has 1 N–H and O–H groups in total. The molecule has 0 saturated heterocycles. The Balaban J connectivity index is 1.75. The van der Waals surface area contributed by atoms with E-state index in [1.807, 2.05) is 33.0 Å². The predicted molar refractivity (Wildman–Crippen MR) is 87.3 cm³/mol. The van der Waals surface area contributed by atoms with E-state index in [-0.39, 0.29) is 18.2 Å². The Kier molecular flexibility index (Phi) is 3.67. The van der Waals surface area contributed by atoms with E-state index in [0.717, 1.165) is 22.5 Å². The van der Waals surface area contributed by atoms with E-state index < -0.39 is 0 Å². The number of carbonyl (C=O) groups is 2. The number of aryl methyl sites for hydroxylation is 2. The average Bonchev–Trinajstić information content (AvgIpc) is 2.91. The Labute approximate surface area is 135 Å². The summed E-state index contributed by atoms with van der Waals surface area (Å²) in [6.07, 6.45) is 0.274. The van der Waals surface area contributed by atoms with Crippen molar-refractivity contribution in [3.05, 3.63) is 46.3 Å². The number of hydrogen-bond donors (Lipinski definition) is 1. The molecular formula is C17H20N4O2. The van der Waals surface area contributed by atoms with Gasteiger partial charge in [0.15, 0.2) is 0 Å². The molecule has 0 aliphatic carbocycles. The maximum atomic E-state index is 12.3. The fourth-order valence-corrected chi connectivity index (χ4v) is 2.96. The van der Waals surface area contributed by atoms with Crippen LogP contribution < -0.4 is 5.32 Å². The second-order valence-corrected chi connectivity index (χ2v) is 6.03. The van der Waals surface area contributed by atoms with Gasteiger partial charge in [-0.3, -0.25) is 14.3 Å². The van der Waals surface area contributed by atoms with Crippen molar-refractivity contribution in [1.29, 1.82) is 0 Å². The Bertz CT molecular complexity index is 807. The van der Waals surface area contributed by atoms with Gasteiger partial charge in [0.25, 0.3) is 5.91 Å². The highest BCUT2D eigenvalue weighted by Gasteiger charge is 2.24. The first kappa shape index (κ1) is 15.3. The van der Waals surface area contributed by atoms with Gasteiger partial charge < -0.3 is 10.2 Å².